The SMILES string of the molecule is CC1CN(C(=O)C2CC2)c2nc(Oc3ccccc3)ccc2N1C. The van der Waals surface area contributed by atoms with Gasteiger partial charge in [0.2, 0.25) is 11.8 Å². The number of likely N-dealkylation sites (N-methyl/N-ethyl adjacent to an activating group) is 1. The summed E-state index contributed by atoms with van der Waals surface area (Å²) in [5.41, 5.74) is 0.975. The second-order valence-electron chi connectivity index (χ2n) is 6.59. The molecule has 1 aromatic heterocycles. The van der Waals surface area contributed by atoms with Gasteiger partial charge in [0.1, 0.15) is 5.75 Å². The molecular weight excluding hydrogens is 302 g/mol. The molecule has 5 nitrogen and oxygen atoms in total. The summed E-state index contributed by atoms with van der Waals surface area (Å²) in [5.74, 6) is 2.33. The molecule has 1 fully saturated rings. The third-order valence-corrected chi connectivity index (χ3v) is 4.73. The van der Waals surface area contributed by atoms with E-state index in [0.29, 0.717) is 18.2 Å². The number of aromatic nitrogens is 1. The van der Waals surface area contributed by atoms with Gasteiger partial charge < -0.3 is 9.64 Å². The fourth-order valence-electron chi connectivity index (χ4n) is 3.02. The van der Waals surface area contributed by atoms with Crippen LogP contribution in [0, 0.1) is 5.92 Å². The Hall–Kier alpha value is -2.56. The molecule has 1 aliphatic carbocycles. The molecule has 0 radical (unpaired) electrons. The van der Waals surface area contributed by atoms with Gasteiger partial charge in [-0.3, -0.25) is 9.69 Å². The van der Waals surface area contributed by atoms with Gasteiger partial charge in [0.15, 0.2) is 5.82 Å². The third-order valence-electron chi connectivity index (χ3n) is 4.73. The Labute approximate surface area is 141 Å². The molecule has 24 heavy (non-hydrogen) atoms. The lowest BCUT2D eigenvalue weighted by Crippen LogP contribution is -2.49. The van der Waals surface area contributed by atoms with Gasteiger partial charge in [-0.15, -0.1) is 0 Å². The second kappa shape index (κ2) is 5.82. The fourth-order valence-corrected chi connectivity index (χ4v) is 3.02. The zero-order valence-electron chi connectivity index (χ0n) is 14.0. The van der Waals surface area contributed by atoms with Crippen molar-refractivity contribution < 1.29 is 9.53 Å². The number of ether oxygens (including phenoxy) is 1. The molecule has 1 atom stereocenters. The van der Waals surface area contributed by atoms with Crippen molar-refractivity contribution in [3.8, 4) is 11.6 Å². The Balaban J connectivity index is 1.69. The molecule has 0 spiro atoms. The highest BCUT2D eigenvalue weighted by Crippen LogP contribution is 2.39. The molecule has 5 heteroatoms. The van der Waals surface area contributed by atoms with E-state index in [1.54, 1.807) is 0 Å². The number of carbonyl (C=O) groups excluding carboxylic acids is 1. The molecule has 124 valence electrons. The summed E-state index contributed by atoms with van der Waals surface area (Å²) in [7, 11) is 2.04. The number of nitrogens with zero attached hydrogens (tertiary/aromatic N) is 3. The monoisotopic (exact) mass is 323 g/mol. The van der Waals surface area contributed by atoms with Crippen LogP contribution >= 0.6 is 0 Å². The minimum Gasteiger partial charge on any atom is -0.439 e. The van der Waals surface area contributed by atoms with Crippen LogP contribution in [0.5, 0.6) is 11.6 Å². The number of hydrogen-bond acceptors (Lipinski definition) is 4. The lowest BCUT2D eigenvalue weighted by atomic mass is 10.1. The van der Waals surface area contributed by atoms with Crippen molar-refractivity contribution in [1.29, 1.82) is 0 Å². The lowest BCUT2D eigenvalue weighted by molar-refractivity contribution is -0.119. The van der Waals surface area contributed by atoms with E-state index in [9.17, 15) is 4.79 Å². The Kier molecular flexibility index (Phi) is 3.63. The standard InChI is InChI=1S/C19H21N3O2/c1-13-12-22(19(23)14-8-9-14)18-16(21(13)2)10-11-17(20-18)24-15-6-4-3-5-7-15/h3-7,10-11,13-14H,8-9,12H2,1-2H3. The minimum absolute atomic E-state index is 0.175. The van der Waals surface area contributed by atoms with Crippen LogP contribution in [0.25, 0.3) is 0 Å². The smallest absolute Gasteiger partial charge is 0.231 e. The molecule has 2 aliphatic rings. The number of amides is 1. The maximum absolute atomic E-state index is 12.7. The van der Waals surface area contributed by atoms with Gasteiger partial charge in [0.25, 0.3) is 0 Å². The number of anilines is 2. The molecule has 4 rings (SSSR count). The van der Waals surface area contributed by atoms with Crippen LogP contribution in [-0.2, 0) is 4.79 Å². The van der Waals surface area contributed by atoms with Crippen molar-refractivity contribution in [1.82, 2.24) is 4.98 Å². The minimum atomic E-state index is 0.175. The predicted octanol–water partition coefficient (Wildman–Crippen LogP) is 3.46. The zero-order chi connectivity index (χ0) is 16.7. The van der Waals surface area contributed by atoms with Gasteiger partial charge in [-0.1, -0.05) is 18.2 Å². The molecule has 1 unspecified atom stereocenters. The normalized spacial score (nSPS) is 19.8. The molecule has 1 aromatic carbocycles. The average molecular weight is 323 g/mol. The van der Waals surface area contributed by atoms with E-state index in [-0.39, 0.29) is 17.9 Å². The fraction of sp³-hybridized carbons (Fsp3) is 0.368. The average Bonchev–Trinajstić information content (AvgIpc) is 3.43. The van der Waals surface area contributed by atoms with Gasteiger partial charge in [-0.05, 0) is 38.0 Å². The molecule has 0 saturated heterocycles. The maximum Gasteiger partial charge on any atom is 0.231 e. The van der Waals surface area contributed by atoms with Crippen LogP contribution in [0.15, 0.2) is 42.5 Å². The summed E-state index contributed by atoms with van der Waals surface area (Å²) >= 11 is 0. The highest BCUT2D eigenvalue weighted by molar-refractivity contribution is 5.99. The number of carbonyl (C=O) groups is 1. The third kappa shape index (κ3) is 2.70. The predicted molar refractivity (Wildman–Crippen MR) is 93.7 cm³/mol. The number of pyridine rings is 1. The second-order valence-corrected chi connectivity index (χ2v) is 6.59. The first-order valence-electron chi connectivity index (χ1n) is 8.41. The molecule has 2 heterocycles. The van der Waals surface area contributed by atoms with Crippen LogP contribution in [0.3, 0.4) is 0 Å². The quantitative estimate of drug-likeness (QED) is 0.868. The number of para-hydroxylation sites is 1. The zero-order valence-corrected chi connectivity index (χ0v) is 14.0. The number of rotatable bonds is 3. The van der Waals surface area contributed by atoms with Crippen molar-refractivity contribution in [3.63, 3.8) is 0 Å². The first kappa shape index (κ1) is 15.0. The molecular formula is C19H21N3O2. The molecule has 1 aliphatic heterocycles. The summed E-state index contributed by atoms with van der Waals surface area (Å²) in [6.07, 6.45) is 1.99. The Bertz CT molecular complexity index is 758. The van der Waals surface area contributed by atoms with Crippen molar-refractivity contribution in [2.45, 2.75) is 25.8 Å². The van der Waals surface area contributed by atoms with E-state index in [2.05, 4.69) is 16.8 Å². The van der Waals surface area contributed by atoms with E-state index in [4.69, 9.17) is 4.74 Å². The molecule has 1 saturated carbocycles. The Morgan fingerprint density at radius 3 is 2.62 bits per heavy atom. The van der Waals surface area contributed by atoms with E-state index in [1.165, 1.54) is 0 Å². The highest BCUT2D eigenvalue weighted by atomic mass is 16.5. The van der Waals surface area contributed by atoms with E-state index >= 15 is 0 Å². The van der Waals surface area contributed by atoms with E-state index < -0.39 is 0 Å². The maximum atomic E-state index is 12.7. The van der Waals surface area contributed by atoms with Crippen molar-refractivity contribution in [2.24, 2.45) is 5.92 Å². The van der Waals surface area contributed by atoms with Gasteiger partial charge in [-0.2, -0.15) is 4.98 Å². The highest BCUT2D eigenvalue weighted by Gasteiger charge is 2.39. The van der Waals surface area contributed by atoms with Crippen molar-refractivity contribution in [2.75, 3.05) is 23.4 Å². The first-order valence-corrected chi connectivity index (χ1v) is 8.41. The summed E-state index contributed by atoms with van der Waals surface area (Å²) in [5, 5.41) is 0. The summed E-state index contributed by atoms with van der Waals surface area (Å²) < 4.78 is 5.84. The van der Waals surface area contributed by atoms with Gasteiger partial charge in [0.05, 0.1) is 5.69 Å². The molecule has 0 bridgehead atoms. The Morgan fingerprint density at radius 1 is 1.17 bits per heavy atom. The summed E-state index contributed by atoms with van der Waals surface area (Å²) in [4.78, 5) is 21.3. The number of fused-ring (bicyclic) bond motifs is 1. The summed E-state index contributed by atoms with van der Waals surface area (Å²) in [6, 6.07) is 13.7. The van der Waals surface area contributed by atoms with Gasteiger partial charge in [0, 0.05) is 31.6 Å². The number of hydrogen-bond donors (Lipinski definition) is 0. The largest absolute Gasteiger partial charge is 0.439 e. The molecule has 0 N–H and O–H groups in total. The van der Waals surface area contributed by atoms with Crippen molar-refractivity contribution >= 4 is 17.4 Å². The van der Waals surface area contributed by atoms with Gasteiger partial charge in [-0.25, -0.2) is 0 Å². The molecule has 1 amide bonds. The van der Waals surface area contributed by atoms with Crippen molar-refractivity contribution in [3.05, 3.63) is 42.5 Å². The van der Waals surface area contributed by atoms with Gasteiger partial charge >= 0.3 is 0 Å². The number of benzene rings is 1. The lowest BCUT2D eigenvalue weighted by Gasteiger charge is -2.39. The summed E-state index contributed by atoms with van der Waals surface area (Å²) in [6.45, 7) is 2.80. The van der Waals surface area contributed by atoms with E-state index in [1.807, 2.05) is 54.4 Å². The first-order chi connectivity index (χ1) is 11.6. The van der Waals surface area contributed by atoms with Crippen LogP contribution in [0.4, 0.5) is 11.5 Å². The van der Waals surface area contributed by atoms with Crippen LogP contribution in [-0.4, -0.2) is 30.5 Å². The topological polar surface area (TPSA) is 45.7 Å². The van der Waals surface area contributed by atoms with Crippen LogP contribution in [0.1, 0.15) is 19.8 Å². The van der Waals surface area contributed by atoms with Crippen LogP contribution in [0.2, 0.25) is 0 Å². The van der Waals surface area contributed by atoms with E-state index in [0.717, 1.165) is 24.3 Å². The Morgan fingerprint density at radius 2 is 1.92 bits per heavy atom. The van der Waals surface area contributed by atoms with Crippen LogP contribution < -0.4 is 14.5 Å². The molecule has 2 aromatic rings.